The van der Waals surface area contributed by atoms with Crippen molar-refractivity contribution < 1.29 is 9.21 Å². The monoisotopic (exact) mass is 199 g/mol. The standard InChI is InChI=1S/C9H10ClNO2/c1-2-5-11-9(12)8-4-3-7(6-10)13-8/h2-4H,1,5-6H2,(H,11,12). The minimum atomic E-state index is -0.253. The fraction of sp³-hybridized carbons (Fsp3) is 0.222. The molecular weight excluding hydrogens is 190 g/mol. The van der Waals surface area contributed by atoms with Crippen LogP contribution in [0, 0.1) is 0 Å². The molecule has 0 aromatic carbocycles. The predicted octanol–water partition coefficient (Wildman–Crippen LogP) is 1.93. The van der Waals surface area contributed by atoms with Crippen molar-refractivity contribution in [1.29, 1.82) is 0 Å². The zero-order chi connectivity index (χ0) is 9.68. The van der Waals surface area contributed by atoms with Gasteiger partial charge in [0.25, 0.3) is 5.91 Å². The molecule has 0 atom stereocenters. The molecule has 0 saturated heterocycles. The second-order valence-corrected chi connectivity index (χ2v) is 2.67. The Morgan fingerprint density at radius 1 is 1.69 bits per heavy atom. The van der Waals surface area contributed by atoms with Crippen LogP contribution in [0.4, 0.5) is 0 Å². The molecule has 70 valence electrons. The van der Waals surface area contributed by atoms with Gasteiger partial charge in [0.2, 0.25) is 0 Å². The molecule has 3 nitrogen and oxygen atoms in total. The van der Waals surface area contributed by atoms with Crippen molar-refractivity contribution in [3.63, 3.8) is 0 Å². The lowest BCUT2D eigenvalue weighted by Gasteiger charge is -1.97. The van der Waals surface area contributed by atoms with Crippen molar-refractivity contribution >= 4 is 17.5 Å². The van der Waals surface area contributed by atoms with Crippen molar-refractivity contribution in [2.75, 3.05) is 6.54 Å². The van der Waals surface area contributed by atoms with E-state index in [4.69, 9.17) is 16.0 Å². The molecule has 0 spiro atoms. The molecule has 1 heterocycles. The number of rotatable bonds is 4. The molecule has 0 aliphatic heterocycles. The van der Waals surface area contributed by atoms with E-state index in [1.165, 1.54) is 0 Å². The van der Waals surface area contributed by atoms with Crippen LogP contribution in [0.15, 0.2) is 29.2 Å². The van der Waals surface area contributed by atoms with Crippen LogP contribution in [-0.4, -0.2) is 12.5 Å². The van der Waals surface area contributed by atoms with E-state index in [9.17, 15) is 4.79 Å². The van der Waals surface area contributed by atoms with Gasteiger partial charge in [0, 0.05) is 6.54 Å². The Bertz CT molecular complexity index is 306. The maximum Gasteiger partial charge on any atom is 0.287 e. The Labute approximate surface area is 81.4 Å². The highest BCUT2D eigenvalue weighted by Crippen LogP contribution is 2.09. The fourth-order valence-electron chi connectivity index (χ4n) is 0.824. The van der Waals surface area contributed by atoms with E-state index in [2.05, 4.69) is 11.9 Å². The molecule has 0 saturated carbocycles. The Balaban J connectivity index is 2.60. The average Bonchev–Trinajstić information content (AvgIpc) is 2.62. The summed E-state index contributed by atoms with van der Waals surface area (Å²) in [6, 6.07) is 3.27. The summed E-state index contributed by atoms with van der Waals surface area (Å²) in [6.07, 6.45) is 1.60. The smallest absolute Gasteiger partial charge is 0.287 e. The lowest BCUT2D eigenvalue weighted by atomic mass is 10.4. The zero-order valence-corrected chi connectivity index (χ0v) is 7.80. The molecule has 1 rings (SSSR count). The normalized spacial score (nSPS) is 9.62. The highest BCUT2D eigenvalue weighted by atomic mass is 35.5. The highest BCUT2D eigenvalue weighted by molar-refractivity contribution is 6.16. The molecule has 0 unspecified atom stereocenters. The number of alkyl halides is 1. The maximum atomic E-state index is 11.2. The van der Waals surface area contributed by atoms with E-state index in [1.807, 2.05) is 0 Å². The van der Waals surface area contributed by atoms with E-state index >= 15 is 0 Å². The summed E-state index contributed by atoms with van der Waals surface area (Å²) in [5.74, 6) is 0.883. The van der Waals surface area contributed by atoms with Crippen LogP contribution < -0.4 is 5.32 Å². The number of halogens is 1. The lowest BCUT2D eigenvalue weighted by Crippen LogP contribution is -2.22. The number of amides is 1. The average molecular weight is 200 g/mol. The number of carbonyl (C=O) groups is 1. The van der Waals surface area contributed by atoms with Crippen LogP contribution in [-0.2, 0) is 5.88 Å². The summed E-state index contributed by atoms with van der Waals surface area (Å²) in [4.78, 5) is 11.2. The molecule has 0 aliphatic rings. The largest absolute Gasteiger partial charge is 0.455 e. The van der Waals surface area contributed by atoms with Crippen molar-refractivity contribution in [2.45, 2.75) is 5.88 Å². The highest BCUT2D eigenvalue weighted by Gasteiger charge is 2.08. The zero-order valence-electron chi connectivity index (χ0n) is 7.05. The van der Waals surface area contributed by atoms with Crippen LogP contribution in [0.5, 0.6) is 0 Å². The molecule has 0 aliphatic carbocycles. The molecule has 1 N–H and O–H groups in total. The molecule has 4 heteroatoms. The maximum absolute atomic E-state index is 11.2. The molecule has 13 heavy (non-hydrogen) atoms. The third-order valence-corrected chi connectivity index (χ3v) is 1.69. The summed E-state index contributed by atoms with van der Waals surface area (Å²) < 4.78 is 5.11. The van der Waals surface area contributed by atoms with Gasteiger partial charge in [-0.3, -0.25) is 4.79 Å². The molecule has 1 aromatic rings. The van der Waals surface area contributed by atoms with Crippen LogP contribution in [0.3, 0.4) is 0 Å². The van der Waals surface area contributed by atoms with Gasteiger partial charge in [-0.1, -0.05) is 6.08 Å². The number of furan rings is 1. The molecule has 1 aromatic heterocycles. The van der Waals surface area contributed by atoms with E-state index in [0.717, 1.165) is 0 Å². The summed E-state index contributed by atoms with van der Waals surface area (Å²) in [5, 5.41) is 2.59. The van der Waals surface area contributed by atoms with E-state index in [0.29, 0.717) is 12.3 Å². The van der Waals surface area contributed by atoms with Gasteiger partial charge in [0.05, 0.1) is 5.88 Å². The lowest BCUT2D eigenvalue weighted by molar-refractivity contribution is 0.0929. The Morgan fingerprint density at radius 2 is 2.46 bits per heavy atom. The van der Waals surface area contributed by atoms with Crippen LogP contribution >= 0.6 is 11.6 Å². The van der Waals surface area contributed by atoms with Gasteiger partial charge in [0.15, 0.2) is 5.76 Å². The van der Waals surface area contributed by atoms with Gasteiger partial charge >= 0.3 is 0 Å². The van der Waals surface area contributed by atoms with Crippen LogP contribution in [0.1, 0.15) is 16.3 Å². The first kappa shape index (κ1) is 9.86. The Kier molecular flexibility index (Phi) is 3.58. The topological polar surface area (TPSA) is 42.2 Å². The predicted molar refractivity (Wildman–Crippen MR) is 50.8 cm³/mol. The third kappa shape index (κ3) is 2.63. The van der Waals surface area contributed by atoms with Gasteiger partial charge in [-0.15, -0.1) is 18.2 Å². The third-order valence-electron chi connectivity index (χ3n) is 1.42. The van der Waals surface area contributed by atoms with E-state index in [-0.39, 0.29) is 17.5 Å². The minimum Gasteiger partial charge on any atom is -0.455 e. The minimum absolute atomic E-state index is 0.253. The van der Waals surface area contributed by atoms with Crippen LogP contribution in [0.25, 0.3) is 0 Å². The van der Waals surface area contributed by atoms with Gasteiger partial charge < -0.3 is 9.73 Å². The molecule has 0 bridgehead atoms. The van der Waals surface area contributed by atoms with Crippen LogP contribution in [0.2, 0.25) is 0 Å². The summed E-state index contributed by atoms with van der Waals surface area (Å²) in [5.41, 5.74) is 0. The molecule has 0 radical (unpaired) electrons. The quantitative estimate of drug-likeness (QED) is 0.595. The first-order chi connectivity index (χ1) is 6.27. The number of hydrogen-bond donors (Lipinski definition) is 1. The number of carbonyl (C=O) groups excluding carboxylic acids is 1. The SMILES string of the molecule is C=CCNC(=O)c1ccc(CCl)o1. The van der Waals surface area contributed by atoms with Gasteiger partial charge in [-0.25, -0.2) is 0 Å². The number of nitrogens with one attached hydrogen (secondary N) is 1. The second-order valence-electron chi connectivity index (χ2n) is 2.40. The second kappa shape index (κ2) is 4.72. The van der Waals surface area contributed by atoms with E-state index < -0.39 is 0 Å². The Morgan fingerprint density at radius 3 is 3.00 bits per heavy atom. The molecular formula is C9H10ClNO2. The van der Waals surface area contributed by atoms with E-state index in [1.54, 1.807) is 18.2 Å². The molecule has 0 fully saturated rings. The summed E-state index contributed by atoms with van der Waals surface area (Å²) >= 11 is 5.51. The summed E-state index contributed by atoms with van der Waals surface area (Å²) in [7, 11) is 0. The van der Waals surface area contributed by atoms with Crippen molar-refractivity contribution in [2.24, 2.45) is 0 Å². The number of hydrogen-bond acceptors (Lipinski definition) is 2. The first-order valence-corrected chi connectivity index (χ1v) is 4.35. The first-order valence-electron chi connectivity index (χ1n) is 3.81. The van der Waals surface area contributed by atoms with Gasteiger partial charge in [-0.2, -0.15) is 0 Å². The van der Waals surface area contributed by atoms with Crippen molar-refractivity contribution in [1.82, 2.24) is 5.32 Å². The van der Waals surface area contributed by atoms with Gasteiger partial charge in [0.1, 0.15) is 5.76 Å². The fourth-order valence-corrected chi connectivity index (χ4v) is 0.967. The summed E-state index contributed by atoms with van der Waals surface area (Å²) in [6.45, 7) is 3.91. The van der Waals surface area contributed by atoms with Crippen molar-refractivity contribution in [3.05, 3.63) is 36.3 Å². The van der Waals surface area contributed by atoms with Gasteiger partial charge in [-0.05, 0) is 12.1 Å². The molecule has 1 amide bonds. The van der Waals surface area contributed by atoms with Crippen molar-refractivity contribution in [3.8, 4) is 0 Å². The Hall–Kier alpha value is -1.22.